The lowest BCUT2D eigenvalue weighted by Gasteiger charge is -1.94. The van der Waals surface area contributed by atoms with Gasteiger partial charge in [0.2, 0.25) is 0 Å². The molecule has 0 rings (SSSR count). The van der Waals surface area contributed by atoms with E-state index in [1.807, 2.05) is 5.32 Å². The SMILES string of the molecule is N=C(N)CNC(=O)O. The minimum atomic E-state index is -1.17. The Bertz CT molecular complexity index is 97.1. The van der Waals surface area contributed by atoms with Crippen molar-refractivity contribution in [1.29, 1.82) is 5.41 Å². The van der Waals surface area contributed by atoms with Gasteiger partial charge >= 0.3 is 6.09 Å². The van der Waals surface area contributed by atoms with Crippen LogP contribution in [-0.4, -0.2) is 23.6 Å². The van der Waals surface area contributed by atoms with Crippen molar-refractivity contribution in [3.8, 4) is 0 Å². The monoisotopic (exact) mass is 117 g/mol. The number of nitrogens with two attached hydrogens (primary N) is 1. The van der Waals surface area contributed by atoms with E-state index in [1.54, 1.807) is 0 Å². The van der Waals surface area contributed by atoms with Crippen molar-refractivity contribution in [2.75, 3.05) is 6.54 Å². The van der Waals surface area contributed by atoms with Crippen LogP contribution in [0.15, 0.2) is 0 Å². The molecule has 0 bridgehead atoms. The van der Waals surface area contributed by atoms with Gasteiger partial charge in [0.05, 0.1) is 6.54 Å². The molecule has 0 aliphatic carbocycles. The standard InChI is InChI=1S/C3H7N3O2/c4-2(5)1-6-3(7)8/h6H,1H2,(H3,4,5)(H,7,8). The van der Waals surface area contributed by atoms with Gasteiger partial charge in [-0.1, -0.05) is 0 Å². The van der Waals surface area contributed by atoms with Crippen molar-refractivity contribution in [3.63, 3.8) is 0 Å². The molecule has 0 atom stereocenters. The van der Waals surface area contributed by atoms with E-state index in [9.17, 15) is 4.79 Å². The van der Waals surface area contributed by atoms with Crippen molar-refractivity contribution in [1.82, 2.24) is 5.32 Å². The topological polar surface area (TPSA) is 99.2 Å². The molecule has 0 radical (unpaired) electrons. The van der Waals surface area contributed by atoms with Crippen LogP contribution in [0.4, 0.5) is 4.79 Å². The summed E-state index contributed by atoms with van der Waals surface area (Å²) in [6, 6.07) is 0. The second-order valence-corrected chi connectivity index (χ2v) is 1.18. The summed E-state index contributed by atoms with van der Waals surface area (Å²) in [6.07, 6.45) is -1.17. The number of carboxylic acid groups (broad SMARTS) is 1. The van der Waals surface area contributed by atoms with Crippen LogP contribution < -0.4 is 11.1 Å². The highest BCUT2D eigenvalue weighted by Gasteiger charge is 1.91. The van der Waals surface area contributed by atoms with E-state index >= 15 is 0 Å². The molecule has 8 heavy (non-hydrogen) atoms. The first kappa shape index (κ1) is 6.74. The molecule has 0 saturated heterocycles. The summed E-state index contributed by atoms with van der Waals surface area (Å²) in [5, 5.41) is 16.4. The zero-order valence-electron chi connectivity index (χ0n) is 4.14. The number of amidine groups is 1. The van der Waals surface area contributed by atoms with Crippen LogP contribution in [0.3, 0.4) is 0 Å². The maximum absolute atomic E-state index is 9.64. The fraction of sp³-hybridized carbons (Fsp3) is 0.333. The second kappa shape index (κ2) is 2.84. The summed E-state index contributed by atoms with van der Waals surface area (Å²) in [6.45, 7) is -0.102. The Morgan fingerprint density at radius 1 is 1.88 bits per heavy atom. The summed E-state index contributed by atoms with van der Waals surface area (Å²) >= 11 is 0. The van der Waals surface area contributed by atoms with Gasteiger partial charge in [-0.15, -0.1) is 0 Å². The van der Waals surface area contributed by atoms with E-state index in [0.717, 1.165) is 0 Å². The molecule has 5 heteroatoms. The minimum Gasteiger partial charge on any atom is -0.465 e. The van der Waals surface area contributed by atoms with Crippen LogP contribution in [0.5, 0.6) is 0 Å². The molecule has 0 aliphatic rings. The molecule has 1 amide bonds. The average Bonchev–Trinajstić information content (AvgIpc) is 1.61. The van der Waals surface area contributed by atoms with Crippen molar-refractivity contribution in [2.24, 2.45) is 5.73 Å². The van der Waals surface area contributed by atoms with Crippen LogP contribution in [0, 0.1) is 5.41 Å². The summed E-state index contributed by atoms with van der Waals surface area (Å²) in [5.41, 5.74) is 4.80. The van der Waals surface area contributed by atoms with Gasteiger partial charge in [0.15, 0.2) is 0 Å². The second-order valence-electron chi connectivity index (χ2n) is 1.18. The Labute approximate surface area is 46.0 Å². The molecular formula is C3H7N3O2. The third-order valence-corrected chi connectivity index (χ3v) is 0.430. The Kier molecular flexibility index (Phi) is 2.39. The lowest BCUT2D eigenvalue weighted by molar-refractivity contribution is 0.196. The fourth-order valence-corrected chi connectivity index (χ4v) is 0.171. The zero-order chi connectivity index (χ0) is 6.57. The Morgan fingerprint density at radius 2 is 2.38 bits per heavy atom. The highest BCUT2D eigenvalue weighted by atomic mass is 16.4. The maximum atomic E-state index is 9.64. The predicted octanol–water partition coefficient (Wildman–Crippen LogP) is -0.810. The van der Waals surface area contributed by atoms with Gasteiger partial charge in [0, 0.05) is 0 Å². The minimum absolute atomic E-state index is 0.102. The van der Waals surface area contributed by atoms with Gasteiger partial charge < -0.3 is 16.2 Å². The molecule has 0 aliphatic heterocycles. The van der Waals surface area contributed by atoms with Gasteiger partial charge in [0.25, 0.3) is 0 Å². The fourth-order valence-electron chi connectivity index (χ4n) is 0.171. The Morgan fingerprint density at radius 3 is 2.50 bits per heavy atom. The van der Waals surface area contributed by atoms with E-state index in [-0.39, 0.29) is 12.4 Å². The largest absolute Gasteiger partial charge is 0.465 e. The van der Waals surface area contributed by atoms with Gasteiger partial charge in [-0.25, -0.2) is 4.79 Å². The molecule has 0 fully saturated rings. The molecule has 0 aromatic carbocycles. The summed E-state index contributed by atoms with van der Waals surface area (Å²) in [7, 11) is 0. The number of hydrogen-bond donors (Lipinski definition) is 4. The van der Waals surface area contributed by atoms with Crippen LogP contribution >= 0.6 is 0 Å². The number of nitrogens with one attached hydrogen (secondary N) is 2. The molecule has 0 aromatic rings. The van der Waals surface area contributed by atoms with Gasteiger partial charge in [0.1, 0.15) is 5.84 Å². The van der Waals surface area contributed by atoms with E-state index in [2.05, 4.69) is 0 Å². The van der Waals surface area contributed by atoms with Crippen LogP contribution in [0.2, 0.25) is 0 Å². The molecule has 0 unspecified atom stereocenters. The van der Waals surface area contributed by atoms with E-state index in [0.29, 0.717) is 0 Å². The molecule has 0 heterocycles. The molecule has 5 nitrogen and oxygen atoms in total. The molecular weight excluding hydrogens is 110 g/mol. The predicted molar refractivity (Wildman–Crippen MR) is 27.9 cm³/mol. The van der Waals surface area contributed by atoms with Crippen molar-refractivity contribution in [2.45, 2.75) is 0 Å². The Hall–Kier alpha value is -1.26. The third-order valence-electron chi connectivity index (χ3n) is 0.430. The highest BCUT2D eigenvalue weighted by Crippen LogP contribution is 1.58. The third kappa shape index (κ3) is 4.74. The quantitative estimate of drug-likeness (QED) is 0.281. The van der Waals surface area contributed by atoms with Crippen LogP contribution in [0.1, 0.15) is 0 Å². The molecule has 0 aromatic heterocycles. The number of amides is 1. The normalized spacial score (nSPS) is 8.00. The van der Waals surface area contributed by atoms with Gasteiger partial charge in [-0.3, -0.25) is 5.41 Å². The smallest absolute Gasteiger partial charge is 0.405 e. The first-order chi connectivity index (χ1) is 3.63. The summed E-state index contributed by atoms with van der Waals surface area (Å²) in [4.78, 5) is 9.64. The van der Waals surface area contributed by atoms with Crippen molar-refractivity contribution in [3.05, 3.63) is 0 Å². The molecule has 46 valence electrons. The summed E-state index contributed by atoms with van der Waals surface area (Å²) < 4.78 is 0. The maximum Gasteiger partial charge on any atom is 0.405 e. The molecule has 5 N–H and O–H groups in total. The van der Waals surface area contributed by atoms with Crippen molar-refractivity contribution < 1.29 is 9.90 Å². The number of carbonyl (C=O) groups is 1. The molecule has 0 saturated carbocycles. The van der Waals surface area contributed by atoms with Crippen LogP contribution in [0.25, 0.3) is 0 Å². The van der Waals surface area contributed by atoms with E-state index in [4.69, 9.17) is 16.2 Å². The van der Waals surface area contributed by atoms with Crippen LogP contribution in [-0.2, 0) is 0 Å². The molecule has 0 spiro atoms. The van der Waals surface area contributed by atoms with E-state index in [1.165, 1.54) is 0 Å². The van der Waals surface area contributed by atoms with Gasteiger partial charge in [-0.05, 0) is 0 Å². The first-order valence-electron chi connectivity index (χ1n) is 1.92. The zero-order valence-corrected chi connectivity index (χ0v) is 4.14. The first-order valence-corrected chi connectivity index (χ1v) is 1.92. The number of rotatable bonds is 2. The Balaban J connectivity index is 3.18. The summed E-state index contributed by atoms with van der Waals surface area (Å²) in [5.74, 6) is -0.188. The van der Waals surface area contributed by atoms with E-state index < -0.39 is 6.09 Å². The highest BCUT2D eigenvalue weighted by molar-refractivity contribution is 5.82. The number of hydrogen-bond acceptors (Lipinski definition) is 2. The lowest BCUT2D eigenvalue weighted by atomic mass is 10.6. The lowest BCUT2D eigenvalue weighted by Crippen LogP contribution is -2.31. The van der Waals surface area contributed by atoms with Crippen molar-refractivity contribution >= 4 is 11.9 Å². The average molecular weight is 117 g/mol. The van der Waals surface area contributed by atoms with Gasteiger partial charge in [-0.2, -0.15) is 0 Å².